The third-order valence-corrected chi connectivity index (χ3v) is 5.10. The van der Waals surface area contributed by atoms with Crippen molar-refractivity contribution in [1.29, 1.82) is 0 Å². The Bertz CT molecular complexity index is 587. The Kier molecular flexibility index (Phi) is 10.9. The SMILES string of the molecule is CC[N+](C)(CC)CCS/C(=N/O)c1ccccc1.COS(=O)(=O)[O-]. The quantitative estimate of drug-likeness (QED) is 0.148. The van der Waals surface area contributed by atoms with Gasteiger partial charge in [0.1, 0.15) is 5.04 Å². The van der Waals surface area contributed by atoms with Crippen molar-refractivity contribution in [2.24, 2.45) is 5.16 Å². The fourth-order valence-electron chi connectivity index (χ4n) is 1.65. The smallest absolute Gasteiger partial charge is 0.217 e. The normalized spacial score (nSPS) is 12.5. The molecule has 138 valence electrons. The average molecular weight is 379 g/mol. The Labute approximate surface area is 148 Å². The number of hydrogen-bond donors (Lipinski definition) is 1. The molecule has 1 aromatic carbocycles. The Hall–Kier alpha value is -1.13. The van der Waals surface area contributed by atoms with Crippen LogP contribution in [0.25, 0.3) is 0 Å². The molecule has 1 N–H and O–H groups in total. The molecule has 0 bridgehead atoms. The van der Waals surface area contributed by atoms with Crippen molar-refractivity contribution in [3.63, 3.8) is 0 Å². The maximum absolute atomic E-state index is 9.22. The van der Waals surface area contributed by atoms with Crippen molar-refractivity contribution in [2.75, 3.05) is 39.5 Å². The molecule has 0 spiro atoms. The largest absolute Gasteiger partial charge is 0.726 e. The molecule has 0 heterocycles. The van der Waals surface area contributed by atoms with E-state index in [2.05, 4.69) is 30.2 Å². The zero-order valence-electron chi connectivity index (χ0n) is 14.5. The summed E-state index contributed by atoms with van der Waals surface area (Å²) in [6.45, 7) is 7.78. The summed E-state index contributed by atoms with van der Waals surface area (Å²) < 4.78 is 32.1. The average Bonchev–Trinajstić information content (AvgIpc) is 2.59. The van der Waals surface area contributed by atoms with Crippen LogP contribution in [-0.4, -0.2) is 67.2 Å². The van der Waals surface area contributed by atoms with Gasteiger partial charge in [-0.05, 0) is 13.8 Å². The molecule has 1 aromatic rings. The summed E-state index contributed by atoms with van der Waals surface area (Å²) in [6, 6.07) is 9.81. The maximum atomic E-state index is 9.22. The van der Waals surface area contributed by atoms with Gasteiger partial charge in [-0.1, -0.05) is 47.2 Å². The van der Waals surface area contributed by atoms with Crippen LogP contribution >= 0.6 is 11.8 Å². The first kappa shape index (κ1) is 22.9. The van der Waals surface area contributed by atoms with E-state index in [0.29, 0.717) is 5.04 Å². The van der Waals surface area contributed by atoms with Crippen LogP contribution in [0.1, 0.15) is 19.4 Å². The molecule has 0 aliphatic carbocycles. The van der Waals surface area contributed by atoms with E-state index in [9.17, 15) is 13.0 Å². The molecule has 24 heavy (non-hydrogen) atoms. The van der Waals surface area contributed by atoms with Crippen LogP contribution in [0, 0.1) is 0 Å². The van der Waals surface area contributed by atoms with Crippen LogP contribution in [0.4, 0.5) is 0 Å². The number of quaternary nitrogens is 1. The van der Waals surface area contributed by atoms with Gasteiger partial charge in [0.25, 0.3) is 0 Å². The fraction of sp³-hybridized carbons (Fsp3) is 0.533. The lowest BCUT2D eigenvalue weighted by Crippen LogP contribution is -2.45. The number of benzene rings is 1. The van der Waals surface area contributed by atoms with Gasteiger partial charge in [-0.3, -0.25) is 4.18 Å². The molecular formula is C15H26N2O5S2. The molecule has 7 nitrogen and oxygen atoms in total. The summed E-state index contributed by atoms with van der Waals surface area (Å²) in [7, 11) is -1.34. The van der Waals surface area contributed by atoms with Crippen LogP contribution in [-0.2, 0) is 14.6 Å². The molecule has 1 rings (SSSR count). The highest BCUT2D eigenvalue weighted by Crippen LogP contribution is 2.15. The van der Waals surface area contributed by atoms with E-state index in [-0.39, 0.29) is 0 Å². The van der Waals surface area contributed by atoms with E-state index >= 15 is 0 Å². The van der Waals surface area contributed by atoms with Crippen molar-refractivity contribution in [2.45, 2.75) is 13.8 Å². The fourth-order valence-corrected chi connectivity index (χ4v) is 2.74. The van der Waals surface area contributed by atoms with Gasteiger partial charge in [0, 0.05) is 11.3 Å². The zero-order chi connectivity index (χ0) is 18.6. The zero-order valence-corrected chi connectivity index (χ0v) is 16.1. The summed E-state index contributed by atoms with van der Waals surface area (Å²) in [6.07, 6.45) is 0. The lowest BCUT2D eigenvalue weighted by atomic mass is 10.2. The molecule has 0 saturated carbocycles. The van der Waals surface area contributed by atoms with E-state index in [1.54, 1.807) is 11.8 Å². The molecule has 0 aromatic heterocycles. The highest BCUT2D eigenvalue weighted by molar-refractivity contribution is 8.14. The Balaban J connectivity index is 0.000000754. The standard InChI is InChI=1S/C14H22N2OS.CH4O4S/c1-4-16(3,5-2)11-12-18-14(15-17)13-9-7-6-8-10-13;1-5-6(2,3)4/h6-10H,4-5,11-12H2,1-3H3;1H3,(H,2,3,4)/b15-14+;. The second-order valence-electron chi connectivity index (χ2n) is 5.17. The summed E-state index contributed by atoms with van der Waals surface area (Å²) in [5.41, 5.74) is 0.979. The number of nitrogens with zero attached hydrogens (tertiary/aromatic N) is 2. The molecule has 0 aliphatic rings. The first-order chi connectivity index (χ1) is 11.2. The Morgan fingerprint density at radius 1 is 1.29 bits per heavy atom. The van der Waals surface area contributed by atoms with Crippen LogP contribution in [0.15, 0.2) is 35.5 Å². The minimum atomic E-state index is -4.41. The van der Waals surface area contributed by atoms with Crippen molar-refractivity contribution in [3.8, 4) is 0 Å². The second-order valence-corrected chi connectivity index (χ2v) is 7.40. The van der Waals surface area contributed by atoms with E-state index in [1.807, 2.05) is 30.3 Å². The predicted molar refractivity (Wildman–Crippen MR) is 96.1 cm³/mol. The Morgan fingerprint density at radius 3 is 2.17 bits per heavy atom. The predicted octanol–water partition coefficient (Wildman–Crippen LogP) is 2.13. The van der Waals surface area contributed by atoms with E-state index < -0.39 is 10.4 Å². The summed E-state index contributed by atoms with van der Waals surface area (Å²) in [5.74, 6) is 0.965. The number of hydrogen-bond acceptors (Lipinski definition) is 7. The summed E-state index contributed by atoms with van der Waals surface area (Å²) >= 11 is 1.62. The monoisotopic (exact) mass is 378 g/mol. The molecular weight excluding hydrogens is 352 g/mol. The first-order valence-electron chi connectivity index (χ1n) is 7.46. The summed E-state index contributed by atoms with van der Waals surface area (Å²) in [5, 5.41) is 13.2. The molecule has 0 radical (unpaired) electrons. The molecule has 9 heteroatoms. The van der Waals surface area contributed by atoms with Crippen molar-refractivity contribution in [1.82, 2.24) is 0 Å². The molecule has 0 saturated heterocycles. The van der Waals surface area contributed by atoms with Crippen LogP contribution < -0.4 is 0 Å². The van der Waals surface area contributed by atoms with Gasteiger partial charge in [-0.15, -0.1) is 0 Å². The van der Waals surface area contributed by atoms with Gasteiger partial charge in [0.2, 0.25) is 10.4 Å². The number of rotatable bonds is 7. The van der Waals surface area contributed by atoms with Crippen molar-refractivity contribution >= 4 is 27.2 Å². The molecule has 0 atom stereocenters. The second kappa shape index (κ2) is 11.4. The molecule has 0 unspecified atom stereocenters. The van der Waals surface area contributed by atoms with Crippen molar-refractivity contribution < 1.29 is 26.8 Å². The van der Waals surface area contributed by atoms with Crippen molar-refractivity contribution in [3.05, 3.63) is 35.9 Å². The lowest BCUT2D eigenvalue weighted by molar-refractivity contribution is -0.903. The van der Waals surface area contributed by atoms with E-state index in [4.69, 9.17) is 5.21 Å². The summed E-state index contributed by atoms with van der Waals surface area (Å²) in [4.78, 5) is 0. The van der Waals surface area contributed by atoms with Crippen LogP contribution in [0.5, 0.6) is 0 Å². The molecule has 0 aliphatic heterocycles. The Morgan fingerprint density at radius 2 is 1.79 bits per heavy atom. The number of oxime groups is 1. The van der Waals surface area contributed by atoms with Gasteiger partial charge in [-0.2, -0.15) is 0 Å². The minimum Gasteiger partial charge on any atom is -0.726 e. The highest BCUT2D eigenvalue weighted by atomic mass is 32.3. The first-order valence-corrected chi connectivity index (χ1v) is 9.78. The lowest BCUT2D eigenvalue weighted by Gasteiger charge is -2.31. The van der Waals surface area contributed by atoms with Crippen LogP contribution in [0.2, 0.25) is 0 Å². The minimum absolute atomic E-state index is 0.703. The van der Waals surface area contributed by atoms with Gasteiger partial charge in [0.15, 0.2) is 0 Å². The topological polar surface area (TPSA) is 99.0 Å². The van der Waals surface area contributed by atoms with Gasteiger partial charge in [0.05, 0.1) is 33.8 Å². The molecule has 0 amide bonds. The third kappa shape index (κ3) is 9.89. The van der Waals surface area contributed by atoms with Crippen LogP contribution in [0.3, 0.4) is 0 Å². The van der Waals surface area contributed by atoms with Gasteiger partial charge in [-0.25, -0.2) is 8.42 Å². The highest BCUT2D eigenvalue weighted by Gasteiger charge is 2.16. The number of thioether (sulfide) groups is 1. The molecule has 0 fully saturated rings. The van der Waals surface area contributed by atoms with E-state index in [0.717, 1.165) is 42.5 Å². The maximum Gasteiger partial charge on any atom is 0.217 e. The van der Waals surface area contributed by atoms with Gasteiger partial charge < -0.3 is 14.2 Å². The third-order valence-electron chi connectivity index (χ3n) is 3.71. The van der Waals surface area contributed by atoms with Gasteiger partial charge >= 0.3 is 0 Å². The van der Waals surface area contributed by atoms with E-state index in [1.165, 1.54) is 0 Å².